The fourth-order valence-corrected chi connectivity index (χ4v) is 1.97. The molecule has 7 heteroatoms. The zero-order chi connectivity index (χ0) is 16.3. The molecular weight excluding hydrogens is 284 g/mol. The van der Waals surface area contributed by atoms with Gasteiger partial charge in [0.25, 0.3) is 0 Å². The average Bonchev–Trinajstić information content (AvgIpc) is 2.91. The van der Waals surface area contributed by atoms with Crippen LogP contribution in [0.25, 0.3) is 0 Å². The smallest absolute Gasteiger partial charge is 0.182 e. The van der Waals surface area contributed by atoms with Crippen LogP contribution in [0.4, 0.5) is 0 Å². The van der Waals surface area contributed by atoms with Gasteiger partial charge in [-0.2, -0.15) is 9.78 Å². The van der Waals surface area contributed by atoms with Crippen molar-refractivity contribution in [3.8, 4) is 5.75 Å². The predicted octanol–water partition coefficient (Wildman–Crippen LogP) is 1.67. The Balaban J connectivity index is 2.43. The largest absolute Gasteiger partial charge is 0.497 e. The van der Waals surface area contributed by atoms with Crippen molar-refractivity contribution in [1.82, 2.24) is 14.9 Å². The Kier molecular flexibility index (Phi) is 4.89. The first-order chi connectivity index (χ1) is 10.4. The molecule has 0 aliphatic rings. The minimum atomic E-state index is -0.840. The molecule has 1 aromatic carbocycles. The molecule has 2 N–H and O–H groups in total. The van der Waals surface area contributed by atoms with Crippen molar-refractivity contribution in [3.63, 3.8) is 0 Å². The quantitative estimate of drug-likeness (QED) is 0.820. The predicted molar refractivity (Wildman–Crippen MR) is 81.9 cm³/mol. The highest BCUT2D eigenvalue weighted by Crippen LogP contribution is 2.18. The molecule has 0 unspecified atom stereocenters. The Bertz CT molecular complexity index is 634. The maximum absolute atomic E-state index is 9.76. The highest BCUT2D eigenvalue weighted by Gasteiger charge is 2.19. The standard InChI is InChI=1S/C15H20N4O3/c1-9(12-5-7-13(22-4)8-6-12)18-19-14(10(2)20)16-17-15(19)11(3)21/h5-8,10-11,20-21H,1-4H3/b18-9+/t10-,11+. The molecule has 0 fully saturated rings. The lowest BCUT2D eigenvalue weighted by atomic mass is 10.1. The van der Waals surface area contributed by atoms with Crippen molar-refractivity contribution in [3.05, 3.63) is 41.5 Å². The van der Waals surface area contributed by atoms with Crippen molar-refractivity contribution in [2.24, 2.45) is 5.10 Å². The van der Waals surface area contributed by atoms with E-state index < -0.39 is 12.2 Å². The van der Waals surface area contributed by atoms with E-state index in [2.05, 4.69) is 15.3 Å². The van der Waals surface area contributed by atoms with Crippen molar-refractivity contribution < 1.29 is 14.9 Å². The number of aliphatic hydroxyl groups excluding tert-OH is 2. The minimum Gasteiger partial charge on any atom is -0.497 e. The SMILES string of the molecule is COc1ccc(/C(C)=N/n2c([C@H](C)O)nnc2[C@@H](C)O)cc1. The van der Waals surface area contributed by atoms with Crippen LogP contribution in [0.5, 0.6) is 5.75 Å². The van der Waals surface area contributed by atoms with Gasteiger partial charge in [-0.25, -0.2) is 0 Å². The molecule has 0 radical (unpaired) electrons. The van der Waals surface area contributed by atoms with Crippen molar-refractivity contribution in [2.75, 3.05) is 7.11 Å². The summed E-state index contributed by atoms with van der Waals surface area (Å²) in [5.41, 5.74) is 1.59. The summed E-state index contributed by atoms with van der Waals surface area (Å²) in [5, 5.41) is 31.7. The van der Waals surface area contributed by atoms with E-state index in [0.717, 1.165) is 11.3 Å². The third-order valence-electron chi connectivity index (χ3n) is 3.19. The molecule has 0 amide bonds. The van der Waals surface area contributed by atoms with E-state index in [4.69, 9.17) is 4.74 Å². The second-order valence-electron chi connectivity index (χ2n) is 4.99. The van der Waals surface area contributed by atoms with Gasteiger partial charge in [0, 0.05) is 0 Å². The Hall–Kier alpha value is -2.25. The van der Waals surface area contributed by atoms with Gasteiger partial charge in [-0.05, 0) is 50.6 Å². The Morgan fingerprint density at radius 1 is 1.09 bits per heavy atom. The van der Waals surface area contributed by atoms with Crippen LogP contribution in [0.2, 0.25) is 0 Å². The maximum atomic E-state index is 9.76. The number of aromatic nitrogens is 3. The number of hydrogen-bond acceptors (Lipinski definition) is 6. The van der Waals surface area contributed by atoms with Crippen molar-refractivity contribution >= 4 is 5.71 Å². The van der Waals surface area contributed by atoms with E-state index in [1.807, 2.05) is 31.2 Å². The lowest BCUT2D eigenvalue weighted by Gasteiger charge is -2.10. The van der Waals surface area contributed by atoms with Crippen LogP contribution in [-0.4, -0.2) is 37.9 Å². The molecule has 2 rings (SSSR count). The van der Waals surface area contributed by atoms with Crippen LogP contribution in [-0.2, 0) is 0 Å². The van der Waals surface area contributed by atoms with E-state index >= 15 is 0 Å². The van der Waals surface area contributed by atoms with Crippen LogP contribution < -0.4 is 4.74 Å². The minimum absolute atomic E-state index is 0.281. The summed E-state index contributed by atoms with van der Waals surface area (Å²) in [6, 6.07) is 7.44. The van der Waals surface area contributed by atoms with E-state index in [0.29, 0.717) is 5.71 Å². The fourth-order valence-electron chi connectivity index (χ4n) is 1.97. The number of benzene rings is 1. The molecular formula is C15H20N4O3. The van der Waals surface area contributed by atoms with Gasteiger partial charge in [-0.15, -0.1) is 10.2 Å². The van der Waals surface area contributed by atoms with E-state index in [1.54, 1.807) is 21.0 Å². The highest BCUT2D eigenvalue weighted by atomic mass is 16.5. The lowest BCUT2D eigenvalue weighted by molar-refractivity contribution is 0.174. The van der Waals surface area contributed by atoms with E-state index in [9.17, 15) is 10.2 Å². The van der Waals surface area contributed by atoms with Gasteiger partial charge >= 0.3 is 0 Å². The molecule has 2 atom stereocenters. The second kappa shape index (κ2) is 6.67. The second-order valence-corrected chi connectivity index (χ2v) is 4.99. The van der Waals surface area contributed by atoms with Gasteiger partial charge in [-0.1, -0.05) is 0 Å². The molecule has 0 bridgehead atoms. The summed E-state index contributed by atoms with van der Waals surface area (Å²) in [5.74, 6) is 1.32. The van der Waals surface area contributed by atoms with Crippen LogP contribution in [0.15, 0.2) is 29.4 Å². The maximum Gasteiger partial charge on any atom is 0.182 e. The topological polar surface area (TPSA) is 92.8 Å². The number of methoxy groups -OCH3 is 1. The molecule has 0 spiro atoms. The summed E-state index contributed by atoms with van der Waals surface area (Å²) < 4.78 is 6.51. The monoisotopic (exact) mass is 304 g/mol. The lowest BCUT2D eigenvalue weighted by Crippen LogP contribution is -2.10. The van der Waals surface area contributed by atoms with Gasteiger partial charge in [0.1, 0.15) is 18.0 Å². The van der Waals surface area contributed by atoms with Crippen LogP contribution >= 0.6 is 0 Å². The summed E-state index contributed by atoms with van der Waals surface area (Å²) in [4.78, 5) is 0. The van der Waals surface area contributed by atoms with E-state index in [-0.39, 0.29) is 11.6 Å². The molecule has 0 saturated heterocycles. The van der Waals surface area contributed by atoms with Crippen molar-refractivity contribution in [2.45, 2.75) is 33.0 Å². The zero-order valence-corrected chi connectivity index (χ0v) is 13.1. The number of hydrogen-bond donors (Lipinski definition) is 2. The normalized spacial score (nSPS) is 14.7. The van der Waals surface area contributed by atoms with Gasteiger partial charge in [-0.3, -0.25) is 0 Å². The first-order valence-electron chi connectivity index (χ1n) is 6.95. The molecule has 0 aliphatic carbocycles. The number of rotatable bonds is 5. The van der Waals surface area contributed by atoms with Gasteiger partial charge < -0.3 is 14.9 Å². The Morgan fingerprint density at radius 2 is 1.59 bits per heavy atom. The average molecular weight is 304 g/mol. The molecule has 2 aromatic rings. The molecule has 1 aromatic heterocycles. The summed E-state index contributed by atoms with van der Waals surface area (Å²) in [6.07, 6.45) is -1.68. The summed E-state index contributed by atoms with van der Waals surface area (Å²) in [6.45, 7) is 4.98. The Labute approximate surface area is 128 Å². The molecule has 0 saturated carbocycles. The van der Waals surface area contributed by atoms with Gasteiger partial charge in [0.05, 0.1) is 12.8 Å². The first kappa shape index (κ1) is 16.1. The number of aliphatic hydroxyl groups is 2. The Morgan fingerprint density at radius 3 is 2.00 bits per heavy atom. The molecule has 118 valence electrons. The summed E-state index contributed by atoms with van der Waals surface area (Å²) in [7, 11) is 1.61. The van der Waals surface area contributed by atoms with Crippen LogP contribution in [0.1, 0.15) is 50.2 Å². The van der Waals surface area contributed by atoms with Gasteiger partial charge in [0.2, 0.25) is 0 Å². The molecule has 1 heterocycles. The number of nitrogens with zero attached hydrogens (tertiary/aromatic N) is 4. The molecule has 22 heavy (non-hydrogen) atoms. The van der Waals surface area contributed by atoms with Crippen LogP contribution in [0.3, 0.4) is 0 Å². The first-order valence-corrected chi connectivity index (χ1v) is 6.95. The van der Waals surface area contributed by atoms with Gasteiger partial charge in [0.15, 0.2) is 11.6 Å². The number of ether oxygens (including phenoxy) is 1. The third kappa shape index (κ3) is 3.32. The molecule has 0 aliphatic heterocycles. The van der Waals surface area contributed by atoms with E-state index in [1.165, 1.54) is 4.68 Å². The van der Waals surface area contributed by atoms with Crippen molar-refractivity contribution in [1.29, 1.82) is 0 Å². The third-order valence-corrected chi connectivity index (χ3v) is 3.19. The zero-order valence-electron chi connectivity index (χ0n) is 13.1. The van der Waals surface area contributed by atoms with Crippen LogP contribution in [0, 0.1) is 0 Å². The summed E-state index contributed by atoms with van der Waals surface area (Å²) >= 11 is 0. The fraction of sp³-hybridized carbons (Fsp3) is 0.400. The molecule has 7 nitrogen and oxygen atoms in total. The highest BCUT2D eigenvalue weighted by molar-refractivity contribution is 5.98.